The summed E-state index contributed by atoms with van der Waals surface area (Å²) in [6, 6.07) is 0. The van der Waals surface area contributed by atoms with E-state index < -0.39 is 5.97 Å². The highest BCUT2D eigenvalue weighted by atomic mass is 16.5. The van der Waals surface area contributed by atoms with Gasteiger partial charge in [-0.15, -0.1) is 0 Å². The molecule has 0 heterocycles. The van der Waals surface area contributed by atoms with Crippen LogP contribution in [0.15, 0.2) is 0 Å². The Bertz CT molecular complexity index is 208. The first-order valence-electron chi connectivity index (χ1n) is 4.85. The van der Waals surface area contributed by atoms with E-state index in [4.69, 9.17) is 15.6 Å². The minimum absolute atomic E-state index is 0.0839. The molecule has 1 unspecified atom stereocenters. The van der Waals surface area contributed by atoms with Crippen molar-refractivity contribution in [1.29, 1.82) is 0 Å². The molecule has 0 aromatic heterocycles. The fourth-order valence-corrected chi connectivity index (χ4v) is 0.961. The van der Waals surface area contributed by atoms with E-state index in [1.54, 1.807) is 6.92 Å². The van der Waals surface area contributed by atoms with E-state index in [-0.39, 0.29) is 25.0 Å². The largest absolute Gasteiger partial charge is 0.480 e. The SMILES string of the molecule is CC(CCN)C(=O)NCCOCC(=O)O. The molecular formula is C9H18N2O4. The van der Waals surface area contributed by atoms with Crippen LogP contribution in [0.1, 0.15) is 13.3 Å². The maximum Gasteiger partial charge on any atom is 0.329 e. The van der Waals surface area contributed by atoms with Gasteiger partial charge in [-0.1, -0.05) is 6.92 Å². The Morgan fingerprint density at radius 2 is 2.20 bits per heavy atom. The third-order valence-electron chi connectivity index (χ3n) is 1.82. The lowest BCUT2D eigenvalue weighted by Gasteiger charge is -2.10. The van der Waals surface area contributed by atoms with Gasteiger partial charge in [0, 0.05) is 12.5 Å². The number of carboxylic acid groups (broad SMARTS) is 1. The van der Waals surface area contributed by atoms with Gasteiger partial charge in [-0.25, -0.2) is 4.79 Å². The summed E-state index contributed by atoms with van der Waals surface area (Å²) in [7, 11) is 0. The molecule has 0 bridgehead atoms. The van der Waals surface area contributed by atoms with E-state index in [0.717, 1.165) is 0 Å². The molecule has 0 aliphatic heterocycles. The number of hydrogen-bond acceptors (Lipinski definition) is 4. The summed E-state index contributed by atoms with van der Waals surface area (Å²) in [6.45, 7) is 2.45. The summed E-state index contributed by atoms with van der Waals surface area (Å²) in [4.78, 5) is 21.4. The lowest BCUT2D eigenvalue weighted by atomic mass is 10.1. The molecule has 1 amide bonds. The Balaban J connectivity index is 3.42. The second-order valence-electron chi connectivity index (χ2n) is 3.22. The van der Waals surface area contributed by atoms with E-state index in [9.17, 15) is 9.59 Å². The molecule has 0 aromatic rings. The van der Waals surface area contributed by atoms with E-state index >= 15 is 0 Å². The Morgan fingerprint density at radius 3 is 2.73 bits per heavy atom. The number of aliphatic carboxylic acids is 1. The predicted octanol–water partition coefficient (Wildman–Crippen LogP) is -0.811. The molecule has 0 saturated carbocycles. The van der Waals surface area contributed by atoms with Crippen LogP contribution in [-0.4, -0.2) is 43.3 Å². The molecule has 6 heteroatoms. The standard InChI is InChI=1S/C9H18N2O4/c1-7(2-3-10)9(14)11-4-5-15-6-8(12)13/h7H,2-6,10H2,1H3,(H,11,14)(H,12,13). The summed E-state index contributed by atoms with van der Waals surface area (Å²) in [6.07, 6.45) is 0.641. The maximum absolute atomic E-state index is 11.3. The van der Waals surface area contributed by atoms with Crippen molar-refractivity contribution in [3.63, 3.8) is 0 Å². The van der Waals surface area contributed by atoms with Gasteiger partial charge in [-0.3, -0.25) is 4.79 Å². The van der Waals surface area contributed by atoms with Crippen molar-refractivity contribution in [3.8, 4) is 0 Å². The molecule has 0 aromatic carbocycles. The highest BCUT2D eigenvalue weighted by molar-refractivity contribution is 5.78. The molecule has 0 fully saturated rings. The van der Waals surface area contributed by atoms with Gasteiger partial charge in [0.05, 0.1) is 6.61 Å². The number of carboxylic acids is 1. The highest BCUT2D eigenvalue weighted by Gasteiger charge is 2.10. The van der Waals surface area contributed by atoms with Gasteiger partial charge in [0.15, 0.2) is 0 Å². The van der Waals surface area contributed by atoms with Crippen LogP contribution in [0, 0.1) is 5.92 Å². The van der Waals surface area contributed by atoms with Crippen LogP contribution < -0.4 is 11.1 Å². The van der Waals surface area contributed by atoms with Crippen LogP contribution in [0.25, 0.3) is 0 Å². The van der Waals surface area contributed by atoms with Crippen LogP contribution in [0.5, 0.6) is 0 Å². The number of rotatable bonds is 8. The van der Waals surface area contributed by atoms with Crippen LogP contribution in [0.3, 0.4) is 0 Å². The molecule has 4 N–H and O–H groups in total. The maximum atomic E-state index is 11.3. The van der Waals surface area contributed by atoms with E-state index in [1.165, 1.54) is 0 Å². The zero-order valence-electron chi connectivity index (χ0n) is 8.86. The Labute approximate surface area is 88.8 Å². The average Bonchev–Trinajstić information content (AvgIpc) is 2.16. The van der Waals surface area contributed by atoms with Crippen LogP contribution in [-0.2, 0) is 14.3 Å². The molecule has 0 aliphatic carbocycles. The molecule has 0 aliphatic rings. The van der Waals surface area contributed by atoms with Crippen LogP contribution in [0.4, 0.5) is 0 Å². The van der Waals surface area contributed by atoms with Crippen molar-refractivity contribution in [2.45, 2.75) is 13.3 Å². The zero-order chi connectivity index (χ0) is 11.7. The molecule has 1 atom stereocenters. The van der Waals surface area contributed by atoms with Crippen molar-refractivity contribution in [2.75, 3.05) is 26.3 Å². The summed E-state index contributed by atoms with van der Waals surface area (Å²) < 4.78 is 4.75. The fraction of sp³-hybridized carbons (Fsp3) is 0.778. The van der Waals surface area contributed by atoms with E-state index in [2.05, 4.69) is 5.32 Å². The number of ether oxygens (including phenoxy) is 1. The Morgan fingerprint density at radius 1 is 1.53 bits per heavy atom. The first kappa shape index (κ1) is 13.9. The molecule has 0 rings (SSSR count). The van der Waals surface area contributed by atoms with E-state index in [1.807, 2.05) is 0 Å². The number of carbonyl (C=O) groups is 2. The summed E-state index contributed by atoms with van der Waals surface area (Å²) in [5.74, 6) is -1.22. The molecule has 15 heavy (non-hydrogen) atoms. The number of nitrogens with one attached hydrogen (secondary N) is 1. The van der Waals surface area contributed by atoms with E-state index in [0.29, 0.717) is 19.5 Å². The minimum Gasteiger partial charge on any atom is -0.480 e. The van der Waals surface area contributed by atoms with Crippen molar-refractivity contribution >= 4 is 11.9 Å². The molecule has 0 saturated heterocycles. The van der Waals surface area contributed by atoms with Gasteiger partial charge in [-0.05, 0) is 13.0 Å². The summed E-state index contributed by atoms with van der Waals surface area (Å²) >= 11 is 0. The summed E-state index contributed by atoms with van der Waals surface area (Å²) in [5.41, 5.74) is 5.31. The van der Waals surface area contributed by atoms with Crippen molar-refractivity contribution < 1.29 is 19.4 Å². The molecule has 0 radical (unpaired) electrons. The molecule has 88 valence electrons. The second kappa shape index (κ2) is 8.19. The van der Waals surface area contributed by atoms with Crippen LogP contribution >= 0.6 is 0 Å². The van der Waals surface area contributed by atoms with Gasteiger partial charge in [-0.2, -0.15) is 0 Å². The fourth-order valence-electron chi connectivity index (χ4n) is 0.961. The molecule has 6 nitrogen and oxygen atoms in total. The number of hydrogen-bond donors (Lipinski definition) is 3. The van der Waals surface area contributed by atoms with Crippen molar-refractivity contribution in [3.05, 3.63) is 0 Å². The Hall–Kier alpha value is -1.14. The second-order valence-corrected chi connectivity index (χ2v) is 3.22. The van der Waals surface area contributed by atoms with Gasteiger partial charge < -0.3 is 20.9 Å². The number of amides is 1. The first-order valence-corrected chi connectivity index (χ1v) is 4.85. The highest BCUT2D eigenvalue weighted by Crippen LogP contribution is 1.98. The molecule has 0 spiro atoms. The third kappa shape index (κ3) is 7.90. The lowest BCUT2D eigenvalue weighted by molar-refractivity contribution is -0.142. The quantitative estimate of drug-likeness (QED) is 0.462. The number of carbonyl (C=O) groups excluding carboxylic acids is 1. The minimum atomic E-state index is -1.02. The van der Waals surface area contributed by atoms with Crippen molar-refractivity contribution in [2.24, 2.45) is 11.7 Å². The van der Waals surface area contributed by atoms with Crippen LogP contribution in [0.2, 0.25) is 0 Å². The first-order chi connectivity index (χ1) is 7.07. The smallest absolute Gasteiger partial charge is 0.329 e. The van der Waals surface area contributed by atoms with Crippen molar-refractivity contribution in [1.82, 2.24) is 5.32 Å². The Kier molecular flexibility index (Phi) is 7.57. The average molecular weight is 218 g/mol. The topological polar surface area (TPSA) is 102 Å². The monoisotopic (exact) mass is 218 g/mol. The van der Waals surface area contributed by atoms with Gasteiger partial charge in [0.2, 0.25) is 5.91 Å². The summed E-state index contributed by atoms with van der Waals surface area (Å²) in [5, 5.41) is 10.9. The zero-order valence-corrected chi connectivity index (χ0v) is 8.86. The number of nitrogens with two attached hydrogens (primary N) is 1. The van der Waals surface area contributed by atoms with Gasteiger partial charge in [0.25, 0.3) is 0 Å². The normalized spacial score (nSPS) is 12.1. The van der Waals surface area contributed by atoms with Gasteiger partial charge >= 0.3 is 5.97 Å². The lowest BCUT2D eigenvalue weighted by Crippen LogP contribution is -2.33. The predicted molar refractivity (Wildman–Crippen MR) is 54.3 cm³/mol. The third-order valence-corrected chi connectivity index (χ3v) is 1.82. The molecular weight excluding hydrogens is 200 g/mol. The van der Waals surface area contributed by atoms with Gasteiger partial charge in [0.1, 0.15) is 6.61 Å².